The maximum atomic E-state index is 6.53. The molecule has 4 aromatic carbocycles. The van der Waals surface area contributed by atoms with E-state index in [9.17, 15) is 0 Å². The van der Waals surface area contributed by atoms with Crippen molar-refractivity contribution in [2.75, 3.05) is 0 Å². The first-order chi connectivity index (χ1) is 23.9. The summed E-state index contributed by atoms with van der Waals surface area (Å²) in [6.07, 6.45) is 3.83. The molecular formula is C45H41IrN3OS-2. The molecule has 0 bridgehead atoms. The van der Waals surface area contributed by atoms with Crippen molar-refractivity contribution in [1.29, 1.82) is 0 Å². The van der Waals surface area contributed by atoms with Crippen LogP contribution in [0.2, 0.25) is 0 Å². The van der Waals surface area contributed by atoms with Crippen LogP contribution in [0.5, 0.6) is 0 Å². The van der Waals surface area contributed by atoms with Crippen LogP contribution < -0.4 is 0 Å². The van der Waals surface area contributed by atoms with Gasteiger partial charge in [0.15, 0.2) is 0 Å². The zero-order valence-electron chi connectivity index (χ0n) is 30.3. The number of fused-ring (bicyclic) bond motifs is 5. The summed E-state index contributed by atoms with van der Waals surface area (Å²) in [7, 11) is 0. The number of furan rings is 1. The van der Waals surface area contributed by atoms with E-state index < -0.39 is 0 Å². The second kappa shape index (κ2) is 14.3. The first-order valence-corrected chi connectivity index (χ1v) is 17.8. The average Bonchev–Trinajstić information content (AvgIpc) is 3.71. The molecule has 6 heteroatoms. The summed E-state index contributed by atoms with van der Waals surface area (Å²) in [5.41, 5.74) is 12.7. The van der Waals surface area contributed by atoms with Crippen molar-refractivity contribution in [3.8, 4) is 33.6 Å². The summed E-state index contributed by atoms with van der Waals surface area (Å²) in [6, 6.07) is 37.2. The van der Waals surface area contributed by atoms with Gasteiger partial charge in [-0.15, -0.1) is 65.4 Å². The molecule has 0 saturated carbocycles. The standard InChI is InChI=1S/C34H33N2OS.C11H8N.Ir/c1-19-11-9-12-20(2)28(19)23-18-35-26(17-24(23)33(3,4)5)21-13-10-14-22-29-27(37-30(21)22)16-15-25-31(29)38-32(36-25)34(6,7)8;1-2-6-10(7-3-1)11-8-4-5-9-12-11;/h9-12,14-18H,1-8H3;1-6,8-9H;/q2*-1;. The molecule has 259 valence electrons. The Morgan fingerprint density at radius 2 is 1.49 bits per heavy atom. The van der Waals surface area contributed by atoms with Crippen LogP contribution in [0.1, 0.15) is 63.2 Å². The zero-order chi connectivity index (χ0) is 35.2. The molecule has 0 spiro atoms. The number of pyridine rings is 2. The van der Waals surface area contributed by atoms with Crippen molar-refractivity contribution in [3.63, 3.8) is 0 Å². The van der Waals surface area contributed by atoms with Crippen LogP contribution in [0.4, 0.5) is 0 Å². The minimum atomic E-state index is -0.0678. The topological polar surface area (TPSA) is 51.8 Å². The summed E-state index contributed by atoms with van der Waals surface area (Å²) >= 11 is 1.77. The van der Waals surface area contributed by atoms with Gasteiger partial charge in [-0.2, -0.15) is 0 Å². The second-order valence-electron chi connectivity index (χ2n) is 14.9. The normalized spacial score (nSPS) is 11.8. The largest absolute Gasteiger partial charge is 0.501 e. The Morgan fingerprint density at radius 3 is 2.16 bits per heavy atom. The molecule has 4 heterocycles. The van der Waals surface area contributed by atoms with Gasteiger partial charge in [0.05, 0.1) is 20.8 Å². The van der Waals surface area contributed by atoms with E-state index >= 15 is 0 Å². The summed E-state index contributed by atoms with van der Waals surface area (Å²) in [5, 5.41) is 3.35. The van der Waals surface area contributed by atoms with Gasteiger partial charge in [0, 0.05) is 48.9 Å². The summed E-state index contributed by atoms with van der Waals surface area (Å²) in [4.78, 5) is 14.2. The van der Waals surface area contributed by atoms with E-state index in [1.54, 1.807) is 17.5 Å². The van der Waals surface area contributed by atoms with Crippen molar-refractivity contribution in [3.05, 3.63) is 137 Å². The summed E-state index contributed by atoms with van der Waals surface area (Å²) < 4.78 is 7.71. The molecule has 0 aliphatic heterocycles. The summed E-state index contributed by atoms with van der Waals surface area (Å²) in [5.74, 6) is 0. The summed E-state index contributed by atoms with van der Waals surface area (Å²) in [6.45, 7) is 17.8. The van der Waals surface area contributed by atoms with E-state index in [1.165, 1.54) is 32.5 Å². The fourth-order valence-electron chi connectivity index (χ4n) is 6.45. The molecule has 0 aliphatic rings. The Bertz CT molecular complexity index is 2410. The van der Waals surface area contributed by atoms with E-state index in [2.05, 4.69) is 109 Å². The number of hydrogen-bond acceptors (Lipinski definition) is 5. The van der Waals surface area contributed by atoms with Crippen molar-refractivity contribution < 1.29 is 24.5 Å². The van der Waals surface area contributed by atoms with Crippen LogP contribution in [-0.2, 0) is 30.9 Å². The van der Waals surface area contributed by atoms with Gasteiger partial charge < -0.3 is 14.4 Å². The third kappa shape index (κ3) is 7.19. The zero-order valence-corrected chi connectivity index (χ0v) is 33.5. The third-order valence-corrected chi connectivity index (χ3v) is 10.5. The molecule has 0 amide bonds. The number of aromatic nitrogens is 3. The fraction of sp³-hybridized carbons (Fsp3) is 0.222. The van der Waals surface area contributed by atoms with Crippen LogP contribution in [0.15, 0.2) is 108 Å². The number of nitrogens with zero attached hydrogens (tertiary/aromatic N) is 3. The third-order valence-electron chi connectivity index (χ3n) is 8.96. The van der Waals surface area contributed by atoms with Crippen LogP contribution >= 0.6 is 11.3 Å². The van der Waals surface area contributed by atoms with Gasteiger partial charge in [-0.1, -0.05) is 88.9 Å². The number of thiazole rings is 1. The molecular weight excluding hydrogens is 823 g/mol. The second-order valence-corrected chi connectivity index (χ2v) is 15.9. The van der Waals surface area contributed by atoms with Gasteiger partial charge >= 0.3 is 0 Å². The van der Waals surface area contributed by atoms with Crippen molar-refractivity contribution >= 4 is 43.5 Å². The van der Waals surface area contributed by atoms with Crippen LogP contribution in [0.3, 0.4) is 0 Å². The molecule has 0 saturated heterocycles. The molecule has 8 rings (SSSR count). The van der Waals surface area contributed by atoms with Gasteiger partial charge in [-0.3, -0.25) is 0 Å². The number of benzene rings is 4. The first kappa shape index (κ1) is 36.3. The molecule has 0 fully saturated rings. The SMILES string of the molecule is Cc1cccc(C)c1-c1cnc(-c2[c-]ccc3c2oc2ccc4nc(C(C)(C)C)sc4c23)cc1C(C)(C)C.[Ir].[c-]1ccccc1-c1ccccn1. The van der Waals surface area contributed by atoms with Crippen molar-refractivity contribution in [2.24, 2.45) is 0 Å². The Morgan fingerprint density at radius 1 is 0.725 bits per heavy atom. The van der Waals surface area contributed by atoms with E-state index in [-0.39, 0.29) is 30.9 Å². The van der Waals surface area contributed by atoms with Gasteiger partial charge in [0.2, 0.25) is 0 Å². The average molecular weight is 864 g/mol. The molecule has 0 unspecified atom stereocenters. The quantitative estimate of drug-likeness (QED) is 0.166. The van der Waals surface area contributed by atoms with Crippen LogP contribution in [0.25, 0.3) is 65.8 Å². The smallest absolute Gasteiger partial charge is 0.122 e. The number of hydrogen-bond donors (Lipinski definition) is 0. The maximum Gasteiger partial charge on any atom is 0.122 e. The minimum Gasteiger partial charge on any atom is -0.501 e. The van der Waals surface area contributed by atoms with E-state index in [0.717, 1.165) is 55.0 Å². The van der Waals surface area contributed by atoms with E-state index in [0.29, 0.717) is 0 Å². The first-order valence-electron chi connectivity index (χ1n) is 17.0. The molecule has 0 atom stereocenters. The molecule has 0 N–H and O–H groups in total. The molecule has 8 aromatic rings. The molecule has 0 aliphatic carbocycles. The predicted molar refractivity (Wildman–Crippen MR) is 210 cm³/mol. The van der Waals surface area contributed by atoms with Crippen LogP contribution in [0, 0.1) is 26.0 Å². The van der Waals surface area contributed by atoms with Gasteiger partial charge in [0.25, 0.3) is 0 Å². The molecule has 4 aromatic heterocycles. The van der Waals surface area contributed by atoms with E-state index in [1.807, 2.05) is 60.8 Å². The number of rotatable bonds is 3. The van der Waals surface area contributed by atoms with E-state index in [4.69, 9.17) is 14.4 Å². The molecule has 4 nitrogen and oxygen atoms in total. The molecule has 51 heavy (non-hydrogen) atoms. The maximum absolute atomic E-state index is 6.53. The minimum absolute atomic E-state index is 0. The van der Waals surface area contributed by atoms with Crippen LogP contribution in [-0.4, -0.2) is 15.0 Å². The van der Waals surface area contributed by atoms with Crippen molar-refractivity contribution in [1.82, 2.24) is 15.0 Å². The molecule has 1 radical (unpaired) electrons. The Kier molecular flexibility index (Phi) is 10.2. The van der Waals surface area contributed by atoms with Gasteiger partial charge in [-0.25, -0.2) is 4.98 Å². The van der Waals surface area contributed by atoms with Crippen molar-refractivity contribution in [2.45, 2.75) is 66.2 Å². The Hall–Kier alpha value is -4.48. The monoisotopic (exact) mass is 864 g/mol. The predicted octanol–water partition coefficient (Wildman–Crippen LogP) is 12.5. The Labute approximate surface area is 318 Å². The van der Waals surface area contributed by atoms with Gasteiger partial charge in [0.1, 0.15) is 5.58 Å². The Balaban J connectivity index is 0.000000291. The fourth-order valence-corrected chi connectivity index (χ4v) is 7.62. The van der Waals surface area contributed by atoms with Gasteiger partial charge in [-0.05, 0) is 71.1 Å². The number of aryl methyl sites for hydroxylation is 2.